The molecular weight excluding hydrogens is 184 g/mol. The van der Waals surface area contributed by atoms with E-state index >= 15 is 0 Å². The van der Waals surface area contributed by atoms with Crippen molar-refractivity contribution in [1.82, 2.24) is 4.57 Å². The van der Waals surface area contributed by atoms with E-state index in [1.807, 2.05) is 0 Å². The second kappa shape index (κ2) is 4.32. The van der Waals surface area contributed by atoms with Crippen LogP contribution in [0, 0.1) is 0 Å². The highest BCUT2D eigenvalue weighted by Crippen LogP contribution is 2.17. The van der Waals surface area contributed by atoms with Gasteiger partial charge in [-0.2, -0.15) is 0 Å². The van der Waals surface area contributed by atoms with Crippen molar-refractivity contribution in [2.75, 3.05) is 6.54 Å². The van der Waals surface area contributed by atoms with Crippen LogP contribution in [0.1, 0.15) is 12.0 Å². The first-order valence-electron chi connectivity index (χ1n) is 5.23. The smallest absolute Gasteiger partial charge is 0.0483 e. The van der Waals surface area contributed by atoms with Crippen LogP contribution in [0.15, 0.2) is 36.5 Å². The standard InChI is InChI=1S/C13H16N2/c1-15-9-7-12-6-5-11(10-13(12)15)4-2-3-8-14/h2,4-7,9-10H,3,8,14H2,1H3. The Balaban J connectivity index is 2.33. The second-order valence-corrected chi connectivity index (χ2v) is 3.72. The number of rotatable bonds is 3. The molecule has 0 fully saturated rings. The van der Waals surface area contributed by atoms with Gasteiger partial charge in [0.25, 0.3) is 0 Å². The third-order valence-corrected chi connectivity index (χ3v) is 2.56. The van der Waals surface area contributed by atoms with Crippen LogP contribution in [0.5, 0.6) is 0 Å². The summed E-state index contributed by atoms with van der Waals surface area (Å²) >= 11 is 0. The lowest BCUT2D eigenvalue weighted by Gasteiger charge is -1.98. The Hall–Kier alpha value is -1.54. The molecule has 0 spiro atoms. The van der Waals surface area contributed by atoms with Crippen LogP contribution >= 0.6 is 0 Å². The van der Waals surface area contributed by atoms with Gasteiger partial charge in [-0.25, -0.2) is 0 Å². The van der Waals surface area contributed by atoms with Crippen LogP contribution in [-0.4, -0.2) is 11.1 Å². The number of hydrogen-bond donors (Lipinski definition) is 1. The Bertz CT molecular complexity index is 480. The lowest BCUT2D eigenvalue weighted by Crippen LogP contribution is -1.94. The van der Waals surface area contributed by atoms with Gasteiger partial charge in [0.1, 0.15) is 0 Å². The maximum absolute atomic E-state index is 5.44. The minimum atomic E-state index is 0.711. The zero-order valence-electron chi connectivity index (χ0n) is 8.98. The van der Waals surface area contributed by atoms with Gasteiger partial charge in [0.2, 0.25) is 0 Å². The SMILES string of the molecule is Cn1ccc2ccc(C=CCCN)cc21. The van der Waals surface area contributed by atoms with Crippen molar-refractivity contribution >= 4 is 17.0 Å². The summed E-state index contributed by atoms with van der Waals surface area (Å²) in [6.07, 6.45) is 7.26. The zero-order chi connectivity index (χ0) is 10.7. The number of aryl methyl sites for hydroxylation is 1. The van der Waals surface area contributed by atoms with Crippen LogP contribution in [0.3, 0.4) is 0 Å². The summed E-state index contributed by atoms with van der Waals surface area (Å²) in [5.41, 5.74) is 7.94. The topological polar surface area (TPSA) is 30.9 Å². The number of nitrogens with two attached hydrogens (primary N) is 1. The van der Waals surface area contributed by atoms with Gasteiger partial charge >= 0.3 is 0 Å². The van der Waals surface area contributed by atoms with Crippen LogP contribution < -0.4 is 5.73 Å². The average Bonchev–Trinajstić information content (AvgIpc) is 2.61. The monoisotopic (exact) mass is 200 g/mol. The number of nitrogens with zero attached hydrogens (tertiary/aromatic N) is 1. The van der Waals surface area contributed by atoms with E-state index in [1.165, 1.54) is 16.5 Å². The lowest BCUT2D eigenvalue weighted by molar-refractivity contribution is 0.969. The summed E-state index contributed by atoms with van der Waals surface area (Å²) < 4.78 is 2.13. The molecule has 0 radical (unpaired) electrons. The largest absolute Gasteiger partial charge is 0.351 e. The summed E-state index contributed by atoms with van der Waals surface area (Å²) in [6, 6.07) is 8.61. The van der Waals surface area contributed by atoms with E-state index in [0.29, 0.717) is 6.54 Å². The summed E-state index contributed by atoms with van der Waals surface area (Å²) in [6.45, 7) is 0.711. The number of fused-ring (bicyclic) bond motifs is 1. The molecule has 0 aliphatic heterocycles. The third kappa shape index (κ3) is 2.10. The van der Waals surface area contributed by atoms with Gasteiger partial charge in [0.15, 0.2) is 0 Å². The summed E-state index contributed by atoms with van der Waals surface area (Å²) in [5.74, 6) is 0. The normalized spacial score (nSPS) is 11.6. The number of hydrogen-bond acceptors (Lipinski definition) is 1. The zero-order valence-corrected chi connectivity index (χ0v) is 8.98. The Morgan fingerprint density at radius 1 is 1.33 bits per heavy atom. The fourth-order valence-corrected chi connectivity index (χ4v) is 1.70. The average molecular weight is 200 g/mol. The van der Waals surface area contributed by atoms with Crippen LogP contribution in [0.4, 0.5) is 0 Å². The van der Waals surface area contributed by atoms with Crippen molar-refractivity contribution in [2.24, 2.45) is 12.8 Å². The van der Waals surface area contributed by atoms with Gasteiger partial charge < -0.3 is 10.3 Å². The van der Waals surface area contributed by atoms with Crippen molar-refractivity contribution in [2.45, 2.75) is 6.42 Å². The molecule has 0 saturated heterocycles. The van der Waals surface area contributed by atoms with Crippen molar-refractivity contribution in [3.8, 4) is 0 Å². The predicted molar refractivity (Wildman–Crippen MR) is 65.6 cm³/mol. The minimum Gasteiger partial charge on any atom is -0.351 e. The van der Waals surface area contributed by atoms with E-state index in [2.05, 4.69) is 54.2 Å². The molecular formula is C13H16N2. The molecule has 0 saturated carbocycles. The molecule has 0 atom stereocenters. The van der Waals surface area contributed by atoms with E-state index in [9.17, 15) is 0 Å². The molecule has 2 N–H and O–H groups in total. The van der Waals surface area contributed by atoms with Gasteiger partial charge in [-0.1, -0.05) is 24.3 Å². The fourth-order valence-electron chi connectivity index (χ4n) is 1.70. The predicted octanol–water partition coefficient (Wildman–Crippen LogP) is 2.54. The van der Waals surface area contributed by atoms with E-state index in [4.69, 9.17) is 5.73 Å². The van der Waals surface area contributed by atoms with E-state index < -0.39 is 0 Å². The Kier molecular flexibility index (Phi) is 2.88. The molecule has 78 valence electrons. The van der Waals surface area contributed by atoms with Crippen LogP contribution in [-0.2, 0) is 7.05 Å². The second-order valence-electron chi connectivity index (χ2n) is 3.72. The van der Waals surface area contributed by atoms with Gasteiger partial charge in [0, 0.05) is 18.8 Å². The molecule has 1 aromatic heterocycles. The highest BCUT2D eigenvalue weighted by Gasteiger charge is 1.97. The summed E-state index contributed by atoms with van der Waals surface area (Å²) in [5, 5.41) is 1.29. The molecule has 1 heterocycles. The molecule has 15 heavy (non-hydrogen) atoms. The van der Waals surface area contributed by atoms with E-state index in [1.54, 1.807) is 0 Å². The maximum Gasteiger partial charge on any atom is 0.0483 e. The van der Waals surface area contributed by atoms with Crippen LogP contribution in [0.2, 0.25) is 0 Å². The molecule has 0 amide bonds. The molecule has 0 aliphatic rings. The van der Waals surface area contributed by atoms with Gasteiger partial charge in [-0.3, -0.25) is 0 Å². The summed E-state index contributed by atoms with van der Waals surface area (Å²) in [7, 11) is 2.07. The third-order valence-electron chi connectivity index (χ3n) is 2.56. The highest BCUT2D eigenvalue weighted by molar-refractivity contribution is 5.82. The highest BCUT2D eigenvalue weighted by atomic mass is 14.9. The van der Waals surface area contributed by atoms with Crippen molar-refractivity contribution < 1.29 is 0 Å². The summed E-state index contributed by atoms with van der Waals surface area (Å²) in [4.78, 5) is 0. The molecule has 0 unspecified atom stereocenters. The molecule has 2 nitrogen and oxygen atoms in total. The van der Waals surface area contributed by atoms with Gasteiger partial charge in [-0.05, 0) is 36.0 Å². The fraction of sp³-hybridized carbons (Fsp3) is 0.231. The number of benzene rings is 1. The molecule has 1 aromatic carbocycles. The van der Waals surface area contributed by atoms with Crippen molar-refractivity contribution in [3.63, 3.8) is 0 Å². The molecule has 2 aromatic rings. The van der Waals surface area contributed by atoms with Gasteiger partial charge in [0.05, 0.1) is 0 Å². The first-order valence-corrected chi connectivity index (χ1v) is 5.23. The molecule has 0 aliphatic carbocycles. The Morgan fingerprint density at radius 2 is 2.20 bits per heavy atom. The Morgan fingerprint density at radius 3 is 3.00 bits per heavy atom. The first kappa shape index (κ1) is 9.99. The van der Waals surface area contributed by atoms with Crippen molar-refractivity contribution in [1.29, 1.82) is 0 Å². The molecule has 0 bridgehead atoms. The van der Waals surface area contributed by atoms with E-state index in [0.717, 1.165) is 6.42 Å². The Labute approximate surface area is 90.0 Å². The van der Waals surface area contributed by atoms with Crippen molar-refractivity contribution in [3.05, 3.63) is 42.1 Å². The lowest BCUT2D eigenvalue weighted by atomic mass is 10.1. The quantitative estimate of drug-likeness (QED) is 0.811. The molecule has 2 heteroatoms. The van der Waals surface area contributed by atoms with E-state index in [-0.39, 0.29) is 0 Å². The maximum atomic E-state index is 5.44. The first-order chi connectivity index (χ1) is 7.31. The number of aromatic nitrogens is 1. The van der Waals surface area contributed by atoms with Crippen LogP contribution in [0.25, 0.3) is 17.0 Å². The minimum absolute atomic E-state index is 0.711. The molecule has 2 rings (SSSR count). The van der Waals surface area contributed by atoms with Gasteiger partial charge in [-0.15, -0.1) is 0 Å².